The summed E-state index contributed by atoms with van der Waals surface area (Å²) in [5.41, 5.74) is 4.22. The van der Waals surface area contributed by atoms with Crippen LogP contribution in [-0.2, 0) is 11.3 Å². The van der Waals surface area contributed by atoms with E-state index in [2.05, 4.69) is 45.3 Å². The van der Waals surface area contributed by atoms with E-state index in [1.54, 1.807) is 6.33 Å². The second-order valence-electron chi connectivity index (χ2n) is 8.30. The molecule has 1 saturated heterocycles. The van der Waals surface area contributed by atoms with Crippen LogP contribution in [0.15, 0.2) is 54.9 Å². The Kier molecular flexibility index (Phi) is 5.62. The standard InChI is InChI=1S/C25H26N4O3/c1-17-3-2-4-20(11-17)21-13-24(28-15-27-21)29-9-7-19(8-10-29)25(30)26-14-18-5-6-22-23(12-18)32-16-31-22/h2-6,11-13,15,19H,7-10,14,16H2,1H3,(H,26,30). The average Bonchev–Trinajstić information content (AvgIpc) is 3.31. The molecule has 1 fully saturated rings. The number of piperidine rings is 1. The highest BCUT2D eigenvalue weighted by Gasteiger charge is 2.26. The van der Waals surface area contributed by atoms with E-state index >= 15 is 0 Å². The highest BCUT2D eigenvalue weighted by atomic mass is 16.7. The minimum atomic E-state index is 0.0124. The lowest BCUT2D eigenvalue weighted by molar-refractivity contribution is -0.125. The topological polar surface area (TPSA) is 76.6 Å². The predicted octanol–water partition coefficient (Wildman–Crippen LogP) is 3.71. The average molecular weight is 431 g/mol. The van der Waals surface area contributed by atoms with Gasteiger partial charge >= 0.3 is 0 Å². The first-order valence-electron chi connectivity index (χ1n) is 11.0. The Balaban J connectivity index is 1.16. The van der Waals surface area contributed by atoms with Crippen LogP contribution in [0.3, 0.4) is 0 Å². The summed E-state index contributed by atoms with van der Waals surface area (Å²) >= 11 is 0. The number of aromatic nitrogens is 2. The molecule has 3 heterocycles. The van der Waals surface area contributed by atoms with Crippen LogP contribution in [0, 0.1) is 12.8 Å². The number of ether oxygens (including phenoxy) is 2. The monoisotopic (exact) mass is 430 g/mol. The number of amides is 1. The fraction of sp³-hybridized carbons (Fsp3) is 0.320. The van der Waals surface area contributed by atoms with E-state index in [-0.39, 0.29) is 18.6 Å². The lowest BCUT2D eigenvalue weighted by Gasteiger charge is -2.32. The Hall–Kier alpha value is -3.61. The lowest BCUT2D eigenvalue weighted by Crippen LogP contribution is -2.40. The Morgan fingerprint density at radius 1 is 1.06 bits per heavy atom. The number of nitrogens with zero attached hydrogens (tertiary/aromatic N) is 3. The minimum absolute atomic E-state index is 0.0124. The molecule has 7 nitrogen and oxygen atoms in total. The number of aryl methyl sites for hydroxylation is 1. The maximum atomic E-state index is 12.7. The van der Waals surface area contributed by atoms with Crippen molar-refractivity contribution in [2.24, 2.45) is 5.92 Å². The largest absolute Gasteiger partial charge is 0.454 e. The first-order chi connectivity index (χ1) is 15.7. The zero-order valence-corrected chi connectivity index (χ0v) is 18.1. The van der Waals surface area contributed by atoms with Gasteiger partial charge in [0.1, 0.15) is 12.1 Å². The zero-order chi connectivity index (χ0) is 21.9. The van der Waals surface area contributed by atoms with Crippen LogP contribution in [-0.4, -0.2) is 35.8 Å². The molecule has 1 aromatic heterocycles. The van der Waals surface area contributed by atoms with Gasteiger partial charge in [-0.15, -0.1) is 0 Å². The quantitative estimate of drug-likeness (QED) is 0.665. The molecular formula is C25H26N4O3. The summed E-state index contributed by atoms with van der Waals surface area (Å²) < 4.78 is 10.7. The smallest absolute Gasteiger partial charge is 0.231 e. The SMILES string of the molecule is Cc1cccc(-c2cc(N3CCC(C(=O)NCc4ccc5c(c4)OCO5)CC3)ncn2)c1. The molecule has 7 heteroatoms. The van der Waals surface area contributed by atoms with Crippen LogP contribution in [0.1, 0.15) is 24.0 Å². The first-order valence-corrected chi connectivity index (χ1v) is 11.0. The van der Waals surface area contributed by atoms with E-state index < -0.39 is 0 Å². The molecule has 0 saturated carbocycles. The van der Waals surface area contributed by atoms with Gasteiger partial charge in [-0.05, 0) is 43.5 Å². The number of carbonyl (C=O) groups is 1. The molecule has 1 N–H and O–H groups in total. The van der Waals surface area contributed by atoms with Crippen molar-refractivity contribution in [1.29, 1.82) is 0 Å². The van der Waals surface area contributed by atoms with Crippen LogP contribution >= 0.6 is 0 Å². The van der Waals surface area contributed by atoms with Crippen molar-refractivity contribution in [2.45, 2.75) is 26.3 Å². The lowest BCUT2D eigenvalue weighted by atomic mass is 9.95. The molecule has 2 aliphatic heterocycles. The van der Waals surface area contributed by atoms with Crippen LogP contribution < -0.4 is 19.7 Å². The highest BCUT2D eigenvalue weighted by Crippen LogP contribution is 2.32. The van der Waals surface area contributed by atoms with Crippen molar-refractivity contribution in [1.82, 2.24) is 15.3 Å². The summed E-state index contributed by atoms with van der Waals surface area (Å²) in [5.74, 6) is 2.52. The Bertz CT molecular complexity index is 1130. The molecule has 32 heavy (non-hydrogen) atoms. The van der Waals surface area contributed by atoms with Gasteiger partial charge in [0.15, 0.2) is 11.5 Å². The van der Waals surface area contributed by atoms with Gasteiger partial charge in [-0.25, -0.2) is 9.97 Å². The summed E-state index contributed by atoms with van der Waals surface area (Å²) in [6.07, 6.45) is 3.23. The Labute approximate surface area is 187 Å². The number of hydrogen-bond acceptors (Lipinski definition) is 6. The van der Waals surface area contributed by atoms with Gasteiger partial charge < -0.3 is 19.7 Å². The van der Waals surface area contributed by atoms with Crippen molar-refractivity contribution in [3.8, 4) is 22.8 Å². The molecule has 2 aromatic carbocycles. The molecule has 0 bridgehead atoms. The zero-order valence-electron chi connectivity index (χ0n) is 18.1. The van der Waals surface area contributed by atoms with Gasteiger partial charge in [0.2, 0.25) is 12.7 Å². The molecule has 3 aromatic rings. The number of rotatable bonds is 5. The second-order valence-corrected chi connectivity index (χ2v) is 8.30. The molecule has 5 rings (SSSR count). The van der Waals surface area contributed by atoms with E-state index in [1.165, 1.54) is 5.56 Å². The molecule has 164 valence electrons. The van der Waals surface area contributed by atoms with Crippen molar-refractivity contribution in [3.05, 3.63) is 66.0 Å². The Morgan fingerprint density at radius 2 is 1.91 bits per heavy atom. The van der Waals surface area contributed by atoms with Gasteiger partial charge in [-0.1, -0.05) is 29.8 Å². The third-order valence-corrected chi connectivity index (χ3v) is 6.06. The summed E-state index contributed by atoms with van der Waals surface area (Å²) in [5, 5.41) is 3.07. The maximum absolute atomic E-state index is 12.7. The van der Waals surface area contributed by atoms with E-state index in [0.717, 1.165) is 60.1 Å². The highest BCUT2D eigenvalue weighted by molar-refractivity contribution is 5.79. The van der Waals surface area contributed by atoms with Crippen molar-refractivity contribution in [3.63, 3.8) is 0 Å². The third-order valence-electron chi connectivity index (χ3n) is 6.06. The number of benzene rings is 2. The fourth-order valence-corrected chi connectivity index (χ4v) is 4.24. The van der Waals surface area contributed by atoms with Gasteiger partial charge in [-0.3, -0.25) is 4.79 Å². The molecular weight excluding hydrogens is 404 g/mol. The van der Waals surface area contributed by atoms with E-state index in [0.29, 0.717) is 6.54 Å². The second kappa shape index (κ2) is 8.86. The first kappa shape index (κ1) is 20.3. The molecule has 0 aliphatic carbocycles. The summed E-state index contributed by atoms with van der Waals surface area (Å²) in [6, 6.07) is 16.1. The number of anilines is 1. The van der Waals surface area contributed by atoms with Crippen molar-refractivity contribution >= 4 is 11.7 Å². The predicted molar refractivity (Wildman–Crippen MR) is 122 cm³/mol. The molecule has 1 amide bonds. The number of fused-ring (bicyclic) bond motifs is 1. The van der Waals surface area contributed by atoms with Crippen LogP contribution in [0.2, 0.25) is 0 Å². The number of hydrogen-bond donors (Lipinski definition) is 1. The van der Waals surface area contributed by atoms with Crippen molar-refractivity contribution in [2.75, 3.05) is 24.8 Å². The molecule has 2 aliphatic rings. The van der Waals surface area contributed by atoms with E-state index in [4.69, 9.17) is 9.47 Å². The summed E-state index contributed by atoms with van der Waals surface area (Å²) in [4.78, 5) is 23.9. The van der Waals surface area contributed by atoms with E-state index in [1.807, 2.05) is 30.3 Å². The maximum Gasteiger partial charge on any atom is 0.231 e. The minimum Gasteiger partial charge on any atom is -0.454 e. The number of carbonyl (C=O) groups excluding carboxylic acids is 1. The van der Waals surface area contributed by atoms with Gasteiger partial charge in [0, 0.05) is 37.2 Å². The van der Waals surface area contributed by atoms with Gasteiger partial charge in [0.25, 0.3) is 0 Å². The van der Waals surface area contributed by atoms with E-state index in [9.17, 15) is 4.79 Å². The normalized spacial score (nSPS) is 15.6. The molecule has 0 radical (unpaired) electrons. The third kappa shape index (κ3) is 4.37. The van der Waals surface area contributed by atoms with Gasteiger partial charge in [0.05, 0.1) is 5.69 Å². The summed E-state index contributed by atoms with van der Waals surface area (Å²) in [7, 11) is 0. The molecule has 0 spiro atoms. The molecule has 0 unspecified atom stereocenters. The molecule has 0 atom stereocenters. The Morgan fingerprint density at radius 3 is 2.75 bits per heavy atom. The van der Waals surface area contributed by atoms with Crippen LogP contribution in [0.4, 0.5) is 5.82 Å². The number of nitrogens with one attached hydrogen (secondary N) is 1. The van der Waals surface area contributed by atoms with Gasteiger partial charge in [-0.2, -0.15) is 0 Å². The summed E-state index contributed by atoms with van der Waals surface area (Å²) in [6.45, 7) is 4.41. The van der Waals surface area contributed by atoms with Crippen LogP contribution in [0.25, 0.3) is 11.3 Å². The fourth-order valence-electron chi connectivity index (χ4n) is 4.24. The van der Waals surface area contributed by atoms with Crippen LogP contribution in [0.5, 0.6) is 11.5 Å². The van der Waals surface area contributed by atoms with Crippen molar-refractivity contribution < 1.29 is 14.3 Å².